The first kappa shape index (κ1) is 15.3. The van der Waals surface area contributed by atoms with Gasteiger partial charge in [-0.2, -0.15) is 0 Å². The summed E-state index contributed by atoms with van der Waals surface area (Å²) < 4.78 is 4.23. The van der Waals surface area contributed by atoms with Crippen molar-refractivity contribution in [3.63, 3.8) is 0 Å². The van der Waals surface area contributed by atoms with Crippen LogP contribution < -0.4 is 0 Å². The molecule has 2 saturated carbocycles. The summed E-state index contributed by atoms with van der Waals surface area (Å²) in [5.41, 5.74) is 0.618. The van der Waals surface area contributed by atoms with Crippen LogP contribution in [-0.4, -0.2) is 21.8 Å². The second-order valence-electron chi connectivity index (χ2n) is 7.82. The van der Waals surface area contributed by atoms with E-state index < -0.39 is 21.8 Å². The van der Waals surface area contributed by atoms with Crippen LogP contribution in [0, 0.1) is 5.41 Å². The summed E-state index contributed by atoms with van der Waals surface area (Å²) in [6.07, 6.45) is 15.8. The van der Waals surface area contributed by atoms with Gasteiger partial charge in [0.2, 0.25) is 0 Å². The molecule has 0 heterocycles. The van der Waals surface area contributed by atoms with E-state index in [1.165, 1.54) is 20.1 Å². The van der Waals surface area contributed by atoms with Crippen molar-refractivity contribution >= 4 is 21.8 Å². The quantitative estimate of drug-likeness (QED) is 0.453. The molecule has 1 heteroatoms. The standard InChI is InChI=1S/2C6H11.C5H11.Bi/c2*1-2-4-6-5-3-1;1-5(2,3)4;/h2*1H,2-6H2;1H2,2-4H3;. The van der Waals surface area contributed by atoms with E-state index in [2.05, 4.69) is 20.8 Å². The Labute approximate surface area is 123 Å². The van der Waals surface area contributed by atoms with Crippen LogP contribution in [0.4, 0.5) is 0 Å². The fourth-order valence-corrected chi connectivity index (χ4v) is 20.5. The molecule has 0 N–H and O–H groups in total. The van der Waals surface area contributed by atoms with Gasteiger partial charge in [0, 0.05) is 0 Å². The predicted octanol–water partition coefficient (Wildman–Crippen LogP) is 6.20. The molecule has 0 radical (unpaired) electrons. The summed E-state index contributed by atoms with van der Waals surface area (Å²) in [5, 5.41) is 0. The van der Waals surface area contributed by atoms with Crippen molar-refractivity contribution in [3.05, 3.63) is 0 Å². The molecule has 2 aliphatic carbocycles. The molecular formula is C17H33Bi. The third kappa shape index (κ3) is 4.77. The van der Waals surface area contributed by atoms with Crippen LogP contribution in [0.3, 0.4) is 0 Å². The fourth-order valence-electron chi connectivity index (χ4n) is 3.93. The second-order valence-corrected chi connectivity index (χ2v) is 18.7. The Morgan fingerprint density at radius 3 is 1.44 bits per heavy atom. The van der Waals surface area contributed by atoms with Crippen LogP contribution in [0.1, 0.15) is 85.0 Å². The molecule has 0 aromatic rings. The van der Waals surface area contributed by atoms with Gasteiger partial charge in [-0.05, 0) is 0 Å². The van der Waals surface area contributed by atoms with Crippen molar-refractivity contribution in [2.24, 2.45) is 5.41 Å². The van der Waals surface area contributed by atoms with Gasteiger partial charge in [-0.15, -0.1) is 0 Å². The zero-order valence-corrected chi connectivity index (χ0v) is 16.4. The Morgan fingerprint density at radius 2 is 1.11 bits per heavy atom. The van der Waals surface area contributed by atoms with Crippen LogP contribution in [0.5, 0.6) is 0 Å². The molecule has 18 heavy (non-hydrogen) atoms. The summed E-state index contributed by atoms with van der Waals surface area (Å²) >= 11 is -1.25. The predicted molar refractivity (Wildman–Crippen MR) is 83.7 cm³/mol. The van der Waals surface area contributed by atoms with E-state index in [0.29, 0.717) is 5.41 Å². The first-order valence-corrected chi connectivity index (χ1v) is 14.8. The molecule has 0 unspecified atom stereocenters. The van der Waals surface area contributed by atoms with Gasteiger partial charge in [0.1, 0.15) is 0 Å². The summed E-state index contributed by atoms with van der Waals surface area (Å²) in [5.74, 6) is 0. The molecule has 0 saturated heterocycles. The monoisotopic (exact) mass is 446 g/mol. The van der Waals surface area contributed by atoms with E-state index in [-0.39, 0.29) is 0 Å². The maximum atomic E-state index is 2.50. The number of rotatable bonds is 3. The van der Waals surface area contributed by atoms with Gasteiger partial charge in [-0.3, -0.25) is 0 Å². The van der Waals surface area contributed by atoms with Gasteiger partial charge in [0.05, 0.1) is 0 Å². The van der Waals surface area contributed by atoms with Crippen LogP contribution in [0.25, 0.3) is 0 Å². The summed E-state index contributed by atoms with van der Waals surface area (Å²) in [7, 11) is 0. The minimum absolute atomic E-state index is 0.618. The van der Waals surface area contributed by atoms with Gasteiger partial charge < -0.3 is 0 Å². The Balaban J connectivity index is 2.00. The van der Waals surface area contributed by atoms with Crippen molar-refractivity contribution in [1.29, 1.82) is 0 Å². The van der Waals surface area contributed by atoms with Crippen molar-refractivity contribution in [2.45, 2.75) is 96.4 Å². The first-order valence-electron chi connectivity index (χ1n) is 8.32. The van der Waals surface area contributed by atoms with Crippen molar-refractivity contribution in [2.75, 3.05) is 0 Å². The molecule has 2 aliphatic rings. The molecular weight excluding hydrogens is 413 g/mol. The van der Waals surface area contributed by atoms with E-state index in [9.17, 15) is 0 Å². The molecule has 0 amide bonds. The van der Waals surface area contributed by atoms with Gasteiger partial charge in [0.25, 0.3) is 0 Å². The molecule has 0 bridgehead atoms. The van der Waals surface area contributed by atoms with Crippen LogP contribution in [0.15, 0.2) is 0 Å². The van der Waals surface area contributed by atoms with Gasteiger partial charge in [0.15, 0.2) is 0 Å². The van der Waals surface area contributed by atoms with Crippen LogP contribution in [0.2, 0.25) is 11.4 Å². The zero-order valence-electron chi connectivity index (χ0n) is 12.9. The molecule has 0 atom stereocenters. The van der Waals surface area contributed by atoms with Gasteiger partial charge in [-0.1, -0.05) is 0 Å². The maximum absolute atomic E-state index is 2.50. The Bertz CT molecular complexity index is 210. The van der Waals surface area contributed by atoms with Crippen molar-refractivity contribution in [3.8, 4) is 0 Å². The number of hydrogen-bond acceptors (Lipinski definition) is 0. The minimum atomic E-state index is -1.25. The van der Waals surface area contributed by atoms with Gasteiger partial charge in [-0.25, -0.2) is 0 Å². The van der Waals surface area contributed by atoms with Gasteiger partial charge >= 0.3 is 124 Å². The Kier molecular flexibility index (Phi) is 5.99. The molecule has 0 spiro atoms. The summed E-state index contributed by atoms with van der Waals surface area (Å²) in [6, 6.07) is 0. The van der Waals surface area contributed by atoms with Crippen molar-refractivity contribution < 1.29 is 0 Å². The van der Waals surface area contributed by atoms with Crippen LogP contribution >= 0.6 is 0 Å². The normalized spacial score (nSPS) is 24.7. The molecule has 0 nitrogen and oxygen atoms in total. The third-order valence-electron chi connectivity index (χ3n) is 4.74. The van der Waals surface area contributed by atoms with E-state index in [0.717, 1.165) is 0 Å². The van der Waals surface area contributed by atoms with Crippen molar-refractivity contribution in [1.82, 2.24) is 0 Å². The van der Waals surface area contributed by atoms with E-state index in [1.54, 1.807) is 55.5 Å². The molecule has 0 aromatic carbocycles. The first-order chi connectivity index (χ1) is 8.56. The van der Waals surface area contributed by atoms with Crippen LogP contribution in [-0.2, 0) is 0 Å². The SMILES string of the molecule is CC(C)(C)[CH2][Bi]([CH]1CCCCC1)[CH]1CCCCC1. The van der Waals surface area contributed by atoms with E-state index in [1.807, 2.05) is 0 Å². The Morgan fingerprint density at radius 1 is 0.722 bits per heavy atom. The molecule has 0 aliphatic heterocycles. The number of hydrogen-bond donors (Lipinski definition) is 0. The fraction of sp³-hybridized carbons (Fsp3) is 1.00. The average molecular weight is 446 g/mol. The van der Waals surface area contributed by atoms with E-state index >= 15 is 0 Å². The average Bonchev–Trinajstić information content (AvgIpc) is 2.37. The third-order valence-corrected chi connectivity index (χ3v) is 21.2. The topological polar surface area (TPSA) is 0 Å². The Hall–Kier alpha value is 0.883. The molecule has 0 aromatic heterocycles. The summed E-state index contributed by atoms with van der Waals surface area (Å²) in [4.78, 5) is 0. The second kappa shape index (κ2) is 7.05. The zero-order chi connectivity index (χ0) is 13.0. The molecule has 2 fully saturated rings. The summed E-state index contributed by atoms with van der Waals surface area (Å²) in [6.45, 7) is 7.50. The molecule has 2 rings (SSSR count). The molecule has 106 valence electrons. The van der Waals surface area contributed by atoms with E-state index in [4.69, 9.17) is 0 Å².